The number of pyridine rings is 1. The van der Waals surface area contributed by atoms with Crippen molar-refractivity contribution < 1.29 is 19.1 Å². The van der Waals surface area contributed by atoms with Crippen LogP contribution in [-0.4, -0.2) is 22.7 Å². The first-order valence-electron chi connectivity index (χ1n) is 5.84. The molecule has 2 heterocycles. The van der Waals surface area contributed by atoms with Gasteiger partial charge in [-0.1, -0.05) is 11.6 Å². The number of nitrogens with zero attached hydrogens (tertiary/aromatic N) is 1. The lowest BCUT2D eigenvalue weighted by atomic mass is 10.2. The number of anilines is 1. The highest BCUT2D eigenvalue weighted by Crippen LogP contribution is 2.23. The molecule has 1 aliphatic heterocycles. The maximum atomic E-state index is 11.7. The summed E-state index contributed by atoms with van der Waals surface area (Å²) < 4.78 is 9.93. The average Bonchev–Trinajstić information content (AvgIpc) is 2.28. The molecular formula is C13H13ClN2O4. The number of aromatic nitrogens is 1. The predicted molar refractivity (Wildman–Crippen MR) is 72.0 cm³/mol. The van der Waals surface area contributed by atoms with E-state index in [-0.39, 0.29) is 5.57 Å². The Hall–Kier alpha value is -2.08. The summed E-state index contributed by atoms with van der Waals surface area (Å²) in [5.41, 5.74) is 1.23. The maximum absolute atomic E-state index is 11.7. The topological polar surface area (TPSA) is 77.5 Å². The van der Waals surface area contributed by atoms with Crippen molar-refractivity contribution >= 4 is 29.2 Å². The Morgan fingerprint density at radius 3 is 2.45 bits per heavy atom. The third-order valence-electron chi connectivity index (χ3n) is 2.57. The molecule has 2 rings (SSSR count). The van der Waals surface area contributed by atoms with Crippen LogP contribution in [-0.2, 0) is 19.1 Å². The lowest BCUT2D eigenvalue weighted by molar-refractivity contribution is -0.222. The Morgan fingerprint density at radius 1 is 1.30 bits per heavy atom. The summed E-state index contributed by atoms with van der Waals surface area (Å²) in [6.45, 7) is 4.79. The lowest BCUT2D eigenvalue weighted by Gasteiger charge is -2.29. The number of carbonyl (C=O) groups excluding carboxylic acids is 2. The molecule has 6 nitrogen and oxygen atoms in total. The van der Waals surface area contributed by atoms with Crippen molar-refractivity contribution in [2.75, 3.05) is 5.32 Å². The van der Waals surface area contributed by atoms with E-state index in [2.05, 4.69) is 10.3 Å². The molecule has 0 amide bonds. The van der Waals surface area contributed by atoms with Crippen molar-refractivity contribution in [3.63, 3.8) is 0 Å². The second-order valence-electron chi connectivity index (χ2n) is 4.70. The summed E-state index contributed by atoms with van der Waals surface area (Å²) in [7, 11) is 0. The zero-order chi connectivity index (χ0) is 14.9. The van der Waals surface area contributed by atoms with E-state index < -0.39 is 17.7 Å². The zero-order valence-electron chi connectivity index (χ0n) is 11.2. The molecule has 1 aromatic rings. The van der Waals surface area contributed by atoms with Gasteiger partial charge in [-0.3, -0.25) is 0 Å². The summed E-state index contributed by atoms with van der Waals surface area (Å²) in [4.78, 5) is 27.3. The fraction of sp³-hybridized carbons (Fsp3) is 0.308. The largest absolute Gasteiger partial charge is 0.419 e. The second-order valence-corrected chi connectivity index (χ2v) is 5.09. The first-order valence-corrected chi connectivity index (χ1v) is 6.22. The second kappa shape index (κ2) is 5.13. The summed E-state index contributed by atoms with van der Waals surface area (Å²) in [5.74, 6) is -2.72. The Labute approximate surface area is 120 Å². The molecule has 7 heteroatoms. The molecule has 1 saturated heterocycles. The minimum Gasteiger partial charge on any atom is -0.419 e. The van der Waals surface area contributed by atoms with E-state index >= 15 is 0 Å². The standard InChI is InChI=1S/C13H13ClN2O4/c1-7-4-10(14)16-6-9(7)15-5-8-11(17)19-13(2,3)20-12(8)18/h4-6,15H,1-3H3. The van der Waals surface area contributed by atoms with Gasteiger partial charge in [0.15, 0.2) is 5.57 Å². The van der Waals surface area contributed by atoms with Crippen LogP contribution in [0.3, 0.4) is 0 Å². The molecule has 1 N–H and O–H groups in total. The Bertz CT molecular complexity index is 588. The van der Waals surface area contributed by atoms with E-state index in [4.69, 9.17) is 21.1 Å². The first kappa shape index (κ1) is 14.3. The number of esters is 2. The van der Waals surface area contributed by atoms with Crippen LogP contribution in [0, 0.1) is 6.92 Å². The SMILES string of the molecule is Cc1cc(Cl)ncc1NC=C1C(=O)OC(C)(C)OC1=O. The monoisotopic (exact) mass is 296 g/mol. The lowest BCUT2D eigenvalue weighted by Crippen LogP contribution is -2.42. The van der Waals surface area contributed by atoms with Crippen LogP contribution in [0.1, 0.15) is 19.4 Å². The van der Waals surface area contributed by atoms with Gasteiger partial charge in [0.1, 0.15) is 5.15 Å². The minimum atomic E-state index is -1.25. The van der Waals surface area contributed by atoms with Crippen LogP contribution in [0.15, 0.2) is 24.0 Å². The van der Waals surface area contributed by atoms with Crippen molar-refractivity contribution in [3.8, 4) is 0 Å². The van der Waals surface area contributed by atoms with Crippen LogP contribution in [0.5, 0.6) is 0 Å². The van der Waals surface area contributed by atoms with E-state index in [1.807, 2.05) is 6.92 Å². The number of nitrogens with one attached hydrogen (secondary N) is 1. The van der Waals surface area contributed by atoms with Crippen LogP contribution < -0.4 is 5.32 Å². The molecule has 0 atom stereocenters. The number of aryl methyl sites for hydroxylation is 1. The predicted octanol–water partition coefficient (Wildman–Crippen LogP) is 2.18. The number of hydrogen-bond acceptors (Lipinski definition) is 6. The summed E-state index contributed by atoms with van der Waals surface area (Å²) in [6, 6.07) is 1.66. The van der Waals surface area contributed by atoms with Gasteiger partial charge in [0.25, 0.3) is 5.79 Å². The van der Waals surface area contributed by atoms with E-state index in [1.54, 1.807) is 6.07 Å². The first-order chi connectivity index (χ1) is 9.28. The Morgan fingerprint density at radius 2 is 1.90 bits per heavy atom. The summed E-state index contributed by atoms with van der Waals surface area (Å²) in [6.07, 6.45) is 2.73. The van der Waals surface area contributed by atoms with Gasteiger partial charge >= 0.3 is 11.9 Å². The molecule has 20 heavy (non-hydrogen) atoms. The molecule has 0 radical (unpaired) electrons. The van der Waals surface area contributed by atoms with E-state index in [1.165, 1.54) is 26.2 Å². The quantitative estimate of drug-likeness (QED) is 0.390. The Kier molecular flexibility index (Phi) is 3.67. The van der Waals surface area contributed by atoms with Crippen molar-refractivity contribution in [3.05, 3.63) is 34.8 Å². The zero-order valence-corrected chi connectivity index (χ0v) is 11.9. The third kappa shape index (κ3) is 3.08. The van der Waals surface area contributed by atoms with Crippen LogP contribution in [0.25, 0.3) is 0 Å². The van der Waals surface area contributed by atoms with Crippen LogP contribution in [0.2, 0.25) is 5.15 Å². The molecule has 0 aliphatic carbocycles. The number of cyclic esters (lactones) is 2. The molecule has 0 bridgehead atoms. The van der Waals surface area contributed by atoms with Gasteiger partial charge in [-0.05, 0) is 18.6 Å². The van der Waals surface area contributed by atoms with Gasteiger partial charge in [-0.25, -0.2) is 14.6 Å². The van der Waals surface area contributed by atoms with E-state index in [0.717, 1.165) is 5.56 Å². The van der Waals surface area contributed by atoms with Crippen molar-refractivity contribution in [1.29, 1.82) is 0 Å². The molecule has 106 valence electrons. The van der Waals surface area contributed by atoms with Gasteiger partial charge in [-0.2, -0.15) is 0 Å². The van der Waals surface area contributed by atoms with Crippen molar-refractivity contribution in [1.82, 2.24) is 4.98 Å². The maximum Gasteiger partial charge on any atom is 0.350 e. The van der Waals surface area contributed by atoms with Crippen molar-refractivity contribution in [2.45, 2.75) is 26.6 Å². The molecule has 1 aliphatic rings. The van der Waals surface area contributed by atoms with E-state index in [9.17, 15) is 9.59 Å². The average molecular weight is 297 g/mol. The molecule has 0 aromatic carbocycles. The summed E-state index contributed by atoms with van der Waals surface area (Å²) in [5, 5.41) is 3.17. The highest BCUT2D eigenvalue weighted by atomic mass is 35.5. The number of hydrogen-bond donors (Lipinski definition) is 1. The summed E-state index contributed by atoms with van der Waals surface area (Å²) >= 11 is 5.74. The van der Waals surface area contributed by atoms with Gasteiger partial charge in [-0.15, -0.1) is 0 Å². The fourth-order valence-corrected chi connectivity index (χ4v) is 1.81. The smallest absolute Gasteiger partial charge is 0.350 e. The third-order valence-corrected chi connectivity index (χ3v) is 2.77. The molecule has 0 unspecified atom stereocenters. The van der Waals surface area contributed by atoms with Gasteiger partial charge in [0.05, 0.1) is 11.9 Å². The molecule has 0 spiro atoms. The van der Waals surface area contributed by atoms with Crippen LogP contribution >= 0.6 is 11.6 Å². The number of ether oxygens (including phenoxy) is 2. The highest BCUT2D eigenvalue weighted by Gasteiger charge is 2.38. The molecule has 0 saturated carbocycles. The minimum absolute atomic E-state index is 0.210. The van der Waals surface area contributed by atoms with Gasteiger partial charge < -0.3 is 14.8 Å². The normalized spacial score (nSPS) is 17.3. The van der Waals surface area contributed by atoms with Crippen LogP contribution in [0.4, 0.5) is 5.69 Å². The number of carbonyl (C=O) groups is 2. The number of rotatable bonds is 2. The van der Waals surface area contributed by atoms with Gasteiger partial charge in [0, 0.05) is 20.0 Å². The Balaban J connectivity index is 2.19. The number of halogens is 1. The molecule has 1 fully saturated rings. The van der Waals surface area contributed by atoms with E-state index in [0.29, 0.717) is 10.8 Å². The van der Waals surface area contributed by atoms with Gasteiger partial charge in [0.2, 0.25) is 0 Å². The van der Waals surface area contributed by atoms with Crippen molar-refractivity contribution in [2.24, 2.45) is 0 Å². The highest BCUT2D eigenvalue weighted by molar-refractivity contribution is 6.29. The molecule has 1 aromatic heterocycles. The fourth-order valence-electron chi connectivity index (χ4n) is 1.60. The molecular weight excluding hydrogens is 284 g/mol.